The number of non-ortho nitro benzene ring substituents is 1. The minimum absolute atomic E-state index is 0.00716. The van der Waals surface area contributed by atoms with Gasteiger partial charge in [0.25, 0.3) is 11.6 Å². The number of aromatic hydroxyl groups is 1. The molecule has 0 aromatic heterocycles. The molecule has 0 aliphatic heterocycles. The Labute approximate surface area is 152 Å². The van der Waals surface area contributed by atoms with Crippen molar-refractivity contribution in [3.05, 3.63) is 57.1 Å². The summed E-state index contributed by atoms with van der Waals surface area (Å²) in [4.78, 5) is 22.3. The average molecular weight is 382 g/mol. The number of benzene rings is 2. The zero-order valence-electron chi connectivity index (χ0n) is 12.8. The molecule has 130 valence electrons. The Morgan fingerprint density at radius 1 is 1.32 bits per heavy atom. The average Bonchev–Trinajstić information content (AvgIpc) is 2.56. The van der Waals surface area contributed by atoms with Gasteiger partial charge in [-0.1, -0.05) is 11.6 Å². The van der Waals surface area contributed by atoms with Crippen LogP contribution in [0.1, 0.15) is 10.4 Å². The molecule has 0 fully saturated rings. The van der Waals surface area contributed by atoms with Crippen LogP contribution in [0.5, 0.6) is 11.5 Å². The summed E-state index contributed by atoms with van der Waals surface area (Å²) in [7, 11) is 1.45. The number of amides is 1. The minimum atomic E-state index is -0.619. The summed E-state index contributed by atoms with van der Waals surface area (Å²) >= 11 is 10.9. The number of thiocarbonyl (C=S) groups is 1. The number of rotatable bonds is 4. The van der Waals surface area contributed by atoms with Crippen LogP contribution >= 0.6 is 23.8 Å². The standard InChI is InChI=1S/C15H12ClN3O5S/c1-24-13-5-2-8(6-10(13)16)14(21)18-15(25)17-11-7-9(19(22)23)3-4-12(11)20/h2-7,20H,1H3,(H2,17,18,21,25). The molecule has 0 bridgehead atoms. The maximum Gasteiger partial charge on any atom is 0.271 e. The van der Waals surface area contributed by atoms with Crippen molar-refractivity contribution in [2.75, 3.05) is 12.4 Å². The van der Waals surface area contributed by atoms with Crippen molar-refractivity contribution in [1.29, 1.82) is 0 Å². The van der Waals surface area contributed by atoms with Crippen molar-refractivity contribution in [3.63, 3.8) is 0 Å². The first-order chi connectivity index (χ1) is 11.8. The highest BCUT2D eigenvalue weighted by Gasteiger charge is 2.14. The van der Waals surface area contributed by atoms with E-state index in [1.807, 2.05) is 0 Å². The van der Waals surface area contributed by atoms with Gasteiger partial charge in [-0.25, -0.2) is 0 Å². The molecule has 8 nitrogen and oxygen atoms in total. The van der Waals surface area contributed by atoms with E-state index in [9.17, 15) is 20.0 Å². The lowest BCUT2D eigenvalue weighted by Crippen LogP contribution is -2.34. The van der Waals surface area contributed by atoms with Gasteiger partial charge >= 0.3 is 0 Å². The summed E-state index contributed by atoms with van der Waals surface area (Å²) in [5.74, 6) is -0.387. The van der Waals surface area contributed by atoms with Crippen molar-refractivity contribution >= 4 is 46.2 Å². The van der Waals surface area contributed by atoms with Gasteiger partial charge in [0.2, 0.25) is 0 Å². The molecule has 2 aromatic carbocycles. The van der Waals surface area contributed by atoms with E-state index in [-0.39, 0.29) is 32.8 Å². The zero-order valence-corrected chi connectivity index (χ0v) is 14.4. The number of nitro benzene ring substituents is 1. The van der Waals surface area contributed by atoms with Crippen LogP contribution in [0.2, 0.25) is 5.02 Å². The van der Waals surface area contributed by atoms with E-state index in [0.29, 0.717) is 5.75 Å². The number of halogens is 1. The molecule has 0 atom stereocenters. The fraction of sp³-hybridized carbons (Fsp3) is 0.0667. The van der Waals surface area contributed by atoms with Crippen LogP contribution in [-0.2, 0) is 0 Å². The van der Waals surface area contributed by atoms with E-state index in [4.69, 9.17) is 28.6 Å². The summed E-state index contributed by atoms with van der Waals surface area (Å²) in [6, 6.07) is 7.81. The first-order valence-corrected chi connectivity index (χ1v) is 7.53. The SMILES string of the molecule is COc1ccc(C(=O)NC(=S)Nc2cc([N+](=O)[O-])ccc2O)cc1Cl. The lowest BCUT2D eigenvalue weighted by atomic mass is 10.2. The monoisotopic (exact) mass is 381 g/mol. The van der Waals surface area contributed by atoms with E-state index in [0.717, 1.165) is 18.2 Å². The van der Waals surface area contributed by atoms with Crippen LogP contribution in [0, 0.1) is 10.1 Å². The fourth-order valence-corrected chi connectivity index (χ4v) is 2.33. The second-order valence-corrected chi connectivity index (χ2v) is 5.53. The normalized spacial score (nSPS) is 10.0. The molecule has 0 saturated carbocycles. The summed E-state index contributed by atoms with van der Waals surface area (Å²) in [5, 5.41) is 25.5. The first kappa shape index (κ1) is 18.4. The van der Waals surface area contributed by atoms with Gasteiger partial charge in [-0.2, -0.15) is 0 Å². The van der Waals surface area contributed by atoms with Crippen molar-refractivity contribution < 1.29 is 19.6 Å². The number of nitrogens with zero attached hydrogens (tertiary/aromatic N) is 1. The molecular weight excluding hydrogens is 370 g/mol. The molecule has 0 radical (unpaired) electrons. The number of anilines is 1. The number of ether oxygens (including phenoxy) is 1. The molecule has 0 heterocycles. The van der Waals surface area contributed by atoms with Gasteiger partial charge < -0.3 is 15.2 Å². The number of nitrogens with one attached hydrogen (secondary N) is 2. The Hall–Kier alpha value is -2.91. The van der Waals surface area contributed by atoms with Crippen LogP contribution in [0.25, 0.3) is 0 Å². The van der Waals surface area contributed by atoms with Gasteiger partial charge in [-0.15, -0.1) is 0 Å². The number of carbonyl (C=O) groups excluding carboxylic acids is 1. The number of carbonyl (C=O) groups is 1. The lowest BCUT2D eigenvalue weighted by Gasteiger charge is -2.11. The first-order valence-electron chi connectivity index (χ1n) is 6.75. The highest BCUT2D eigenvalue weighted by molar-refractivity contribution is 7.80. The van der Waals surface area contributed by atoms with E-state index >= 15 is 0 Å². The third-order valence-corrected chi connectivity index (χ3v) is 3.58. The maximum atomic E-state index is 12.1. The number of nitro groups is 1. The highest BCUT2D eigenvalue weighted by atomic mass is 35.5. The third kappa shape index (κ3) is 4.55. The second-order valence-electron chi connectivity index (χ2n) is 4.72. The van der Waals surface area contributed by atoms with Gasteiger partial charge in [0.1, 0.15) is 11.5 Å². The Morgan fingerprint density at radius 3 is 2.64 bits per heavy atom. The predicted molar refractivity (Wildman–Crippen MR) is 96.5 cm³/mol. The second kappa shape index (κ2) is 7.77. The zero-order chi connectivity index (χ0) is 18.6. The van der Waals surface area contributed by atoms with Crippen LogP contribution in [0.4, 0.5) is 11.4 Å². The summed E-state index contributed by atoms with van der Waals surface area (Å²) in [5.41, 5.74) is -0.0122. The van der Waals surface area contributed by atoms with Crippen LogP contribution in [0.15, 0.2) is 36.4 Å². The third-order valence-electron chi connectivity index (χ3n) is 3.08. The smallest absolute Gasteiger partial charge is 0.271 e. The van der Waals surface area contributed by atoms with Crippen LogP contribution in [0.3, 0.4) is 0 Å². The Bertz CT molecular complexity index is 859. The van der Waals surface area contributed by atoms with Gasteiger partial charge in [-0.3, -0.25) is 20.2 Å². The molecule has 0 aliphatic carbocycles. The Balaban J connectivity index is 2.10. The van der Waals surface area contributed by atoms with Crippen molar-refractivity contribution in [3.8, 4) is 11.5 Å². The number of phenolic OH excluding ortho intramolecular Hbond substituents is 1. The highest BCUT2D eigenvalue weighted by Crippen LogP contribution is 2.28. The fourth-order valence-electron chi connectivity index (χ4n) is 1.87. The van der Waals surface area contributed by atoms with Gasteiger partial charge in [0, 0.05) is 17.7 Å². The van der Waals surface area contributed by atoms with E-state index < -0.39 is 10.8 Å². The summed E-state index contributed by atoms with van der Waals surface area (Å²) in [6.07, 6.45) is 0. The largest absolute Gasteiger partial charge is 0.506 e. The molecular formula is C15H12ClN3O5S. The van der Waals surface area contributed by atoms with Crippen LogP contribution in [-0.4, -0.2) is 28.2 Å². The predicted octanol–water partition coefficient (Wildman–Crippen LogP) is 3.09. The molecule has 0 saturated heterocycles. The molecule has 10 heteroatoms. The molecule has 0 spiro atoms. The number of methoxy groups -OCH3 is 1. The Kier molecular flexibility index (Phi) is 5.73. The number of hydrogen-bond donors (Lipinski definition) is 3. The number of phenols is 1. The molecule has 0 aliphatic rings. The molecule has 0 unspecified atom stereocenters. The molecule has 1 amide bonds. The van der Waals surface area contributed by atoms with E-state index in [1.165, 1.54) is 25.3 Å². The van der Waals surface area contributed by atoms with E-state index in [1.54, 1.807) is 0 Å². The van der Waals surface area contributed by atoms with Crippen molar-refractivity contribution in [2.24, 2.45) is 0 Å². The minimum Gasteiger partial charge on any atom is -0.506 e. The quantitative estimate of drug-likeness (QED) is 0.322. The van der Waals surface area contributed by atoms with Gasteiger partial charge in [0.15, 0.2) is 5.11 Å². The Morgan fingerprint density at radius 2 is 2.04 bits per heavy atom. The van der Waals surface area contributed by atoms with Gasteiger partial charge in [0.05, 0.1) is 22.7 Å². The lowest BCUT2D eigenvalue weighted by molar-refractivity contribution is -0.384. The van der Waals surface area contributed by atoms with Crippen LogP contribution < -0.4 is 15.4 Å². The van der Waals surface area contributed by atoms with E-state index in [2.05, 4.69) is 10.6 Å². The van der Waals surface area contributed by atoms with Gasteiger partial charge in [-0.05, 0) is 36.5 Å². The topological polar surface area (TPSA) is 114 Å². The molecule has 2 rings (SSSR count). The molecule has 2 aromatic rings. The summed E-state index contributed by atoms with van der Waals surface area (Å²) < 4.78 is 5.00. The maximum absolute atomic E-state index is 12.1. The number of hydrogen-bond acceptors (Lipinski definition) is 6. The molecule has 3 N–H and O–H groups in total. The summed E-state index contributed by atoms with van der Waals surface area (Å²) in [6.45, 7) is 0. The van der Waals surface area contributed by atoms with Crippen molar-refractivity contribution in [2.45, 2.75) is 0 Å². The molecule has 25 heavy (non-hydrogen) atoms. The van der Waals surface area contributed by atoms with Crippen molar-refractivity contribution in [1.82, 2.24) is 5.32 Å².